The van der Waals surface area contributed by atoms with E-state index in [9.17, 15) is 9.59 Å². The van der Waals surface area contributed by atoms with Gasteiger partial charge in [0.15, 0.2) is 0 Å². The summed E-state index contributed by atoms with van der Waals surface area (Å²) in [5, 5.41) is 2.58. The fraction of sp³-hybridized carbons (Fsp3) is 0.800. The number of nitrogens with one attached hydrogen (secondary N) is 1. The highest BCUT2D eigenvalue weighted by atomic mass is 16.2. The molecule has 0 aromatic rings. The summed E-state index contributed by atoms with van der Waals surface area (Å²) in [5.74, 6) is -0.394. The lowest BCUT2D eigenvalue weighted by molar-refractivity contribution is -0.130. The van der Waals surface area contributed by atoms with Gasteiger partial charge in [0.05, 0.1) is 0 Å². The van der Waals surface area contributed by atoms with E-state index in [1.54, 1.807) is 13.8 Å². The minimum Gasteiger partial charge on any atom is -0.368 e. The molecular weight excluding hydrogens is 194 g/mol. The van der Waals surface area contributed by atoms with E-state index in [0.717, 1.165) is 6.42 Å². The first-order valence-corrected chi connectivity index (χ1v) is 5.10. The van der Waals surface area contributed by atoms with E-state index in [-0.39, 0.29) is 5.91 Å². The van der Waals surface area contributed by atoms with Crippen LogP contribution in [0.1, 0.15) is 33.6 Å². The van der Waals surface area contributed by atoms with Gasteiger partial charge in [-0.1, -0.05) is 6.92 Å². The van der Waals surface area contributed by atoms with Crippen LogP contribution in [0.5, 0.6) is 0 Å². The molecule has 5 nitrogen and oxygen atoms in total. The van der Waals surface area contributed by atoms with Crippen molar-refractivity contribution in [2.75, 3.05) is 6.54 Å². The fourth-order valence-electron chi connectivity index (χ4n) is 0.968. The minimum absolute atomic E-state index is 0.167. The van der Waals surface area contributed by atoms with E-state index in [1.807, 2.05) is 6.92 Å². The summed E-state index contributed by atoms with van der Waals surface area (Å²) in [6.45, 7) is 5.71. The molecule has 15 heavy (non-hydrogen) atoms. The van der Waals surface area contributed by atoms with Gasteiger partial charge in [-0.2, -0.15) is 0 Å². The molecule has 0 rings (SSSR count). The summed E-state index contributed by atoms with van der Waals surface area (Å²) in [5.41, 5.74) is 9.57. The molecule has 1 atom stereocenters. The number of amides is 2. The Balaban J connectivity index is 3.99. The maximum absolute atomic E-state index is 11.4. The molecule has 0 saturated carbocycles. The molecule has 0 heterocycles. The van der Waals surface area contributed by atoms with Crippen LogP contribution in [0.25, 0.3) is 0 Å². The molecule has 88 valence electrons. The monoisotopic (exact) mass is 215 g/mol. The lowest BCUT2D eigenvalue weighted by Gasteiger charge is -2.22. The Morgan fingerprint density at radius 1 is 1.40 bits per heavy atom. The number of rotatable bonds is 6. The quantitative estimate of drug-likeness (QED) is 0.569. The lowest BCUT2D eigenvalue weighted by Crippen LogP contribution is -2.53. The van der Waals surface area contributed by atoms with Gasteiger partial charge in [0.2, 0.25) is 11.8 Å². The molecule has 0 radical (unpaired) electrons. The van der Waals surface area contributed by atoms with Crippen molar-refractivity contribution >= 4 is 11.8 Å². The zero-order chi connectivity index (χ0) is 12.1. The average molecular weight is 215 g/mol. The number of carbonyl (C=O) groups is 2. The Bertz CT molecular complexity index is 239. The van der Waals surface area contributed by atoms with Gasteiger partial charge in [-0.3, -0.25) is 9.59 Å². The van der Waals surface area contributed by atoms with Gasteiger partial charge in [0.1, 0.15) is 5.54 Å². The van der Waals surface area contributed by atoms with Crippen LogP contribution in [-0.4, -0.2) is 23.9 Å². The Labute approximate surface area is 90.6 Å². The van der Waals surface area contributed by atoms with E-state index in [1.165, 1.54) is 0 Å². The topological polar surface area (TPSA) is 98.2 Å². The van der Waals surface area contributed by atoms with Gasteiger partial charge >= 0.3 is 0 Å². The minimum atomic E-state index is -0.983. The first kappa shape index (κ1) is 13.9. The molecule has 0 spiro atoms. The van der Waals surface area contributed by atoms with Crippen molar-refractivity contribution in [3.05, 3.63) is 0 Å². The van der Waals surface area contributed by atoms with Crippen LogP contribution in [0.15, 0.2) is 0 Å². The molecule has 5 N–H and O–H groups in total. The average Bonchev–Trinajstić information content (AvgIpc) is 2.13. The first-order valence-electron chi connectivity index (χ1n) is 5.10. The zero-order valence-corrected chi connectivity index (χ0v) is 9.67. The predicted octanol–water partition coefficient (Wildman–Crippen LogP) is -0.258. The van der Waals surface area contributed by atoms with Crippen LogP contribution in [0.3, 0.4) is 0 Å². The SMILES string of the molecule is CC(CN)CCC(=O)NC(C)(C)C(N)=O. The number of carbonyl (C=O) groups excluding carboxylic acids is 2. The summed E-state index contributed by atoms with van der Waals surface area (Å²) in [7, 11) is 0. The second kappa shape index (κ2) is 5.70. The molecule has 1 unspecified atom stereocenters. The first-order chi connectivity index (χ1) is 6.79. The van der Waals surface area contributed by atoms with Gasteiger partial charge < -0.3 is 16.8 Å². The van der Waals surface area contributed by atoms with Gasteiger partial charge in [-0.25, -0.2) is 0 Å². The van der Waals surface area contributed by atoms with Crippen molar-refractivity contribution < 1.29 is 9.59 Å². The number of primary amides is 1. The highest BCUT2D eigenvalue weighted by molar-refractivity contribution is 5.89. The smallest absolute Gasteiger partial charge is 0.242 e. The normalized spacial score (nSPS) is 13.3. The molecule has 0 fully saturated rings. The molecule has 0 aliphatic rings. The van der Waals surface area contributed by atoms with Crippen LogP contribution in [0, 0.1) is 5.92 Å². The number of nitrogens with two attached hydrogens (primary N) is 2. The Morgan fingerprint density at radius 2 is 1.93 bits per heavy atom. The fourth-order valence-corrected chi connectivity index (χ4v) is 0.968. The van der Waals surface area contributed by atoms with E-state index in [0.29, 0.717) is 18.9 Å². The lowest BCUT2D eigenvalue weighted by atomic mass is 10.0. The molecule has 5 heteroatoms. The molecule has 0 aliphatic heterocycles. The highest BCUT2D eigenvalue weighted by Gasteiger charge is 2.26. The van der Waals surface area contributed by atoms with E-state index >= 15 is 0 Å². The van der Waals surface area contributed by atoms with Crippen LogP contribution in [0.4, 0.5) is 0 Å². The Morgan fingerprint density at radius 3 is 2.33 bits per heavy atom. The summed E-state index contributed by atoms with van der Waals surface area (Å²) in [4.78, 5) is 22.4. The third-order valence-corrected chi connectivity index (χ3v) is 2.33. The van der Waals surface area contributed by atoms with Gasteiger partial charge in [0, 0.05) is 6.42 Å². The second-order valence-electron chi connectivity index (χ2n) is 4.42. The van der Waals surface area contributed by atoms with Crippen LogP contribution in [-0.2, 0) is 9.59 Å². The van der Waals surface area contributed by atoms with Gasteiger partial charge in [0.25, 0.3) is 0 Å². The van der Waals surface area contributed by atoms with Crippen molar-refractivity contribution in [2.45, 2.75) is 39.2 Å². The van der Waals surface area contributed by atoms with Crippen LogP contribution >= 0.6 is 0 Å². The molecule has 0 aromatic heterocycles. The zero-order valence-electron chi connectivity index (χ0n) is 9.67. The van der Waals surface area contributed by atoms with Crippen molar-refractivity contribution in [3.8, 4) is 0 Å². The van der Waals surface area contributed by atoms with Gasteiger partial charge in [-0.05, 0) is 32.7 Å². The third-order valence-electron chi connectivity index (χ3n) is 2.33. The van der Waals surface area contributed by atoms with Crippen molar-refractivity contribution in [1.29, 1.82) is 0 Å². The second-order valence-corrected chi connectivity index (χ2v) is 4.42. The summed E-state index contributed by atoms with van der Waals surface area (Å²) in [6, 6.07) is 0. The van der Waals surface area contributed by atoms with Crippen molar-refractivity contribution in [1.82, 2.24) is 5.32 Å². The molecule has 0 bridgehead atoms. The third kappa shape index (κ3) is 5.37. The summed E-state index contributed by atoms with van der Waals surface area (Å²) < 4.78 is 0. The largest absolute Gasteiger partial charge is 0.368 e. The molecule has 0 aromatic carbocycles. The van der Waals surface area contributed by atoms with Crippen LogP contribution < -0.4 is 16.8 Å². The Kier molecular flexibility index (Phi) is 5.28. The van der Waals surface area contributed by atoms with Gasteiger partial charge in [-0.15, -0.1) is 0 Å². The highest BCUT2D eigenvalue weighted by Crippen LogP contribution is 2.06. The summed E-state index contributed by atoms with van der Waals surface area (Å²) in [6.07, 6.45) is 1.09. The van der Waals surface area contributed by atoms with Crippen molar-refractivity contribution in [2.24, 2.45) is 17.4 Å². The maximum Gasteiger partial charge on any atom is 0.242 e. The molecule has 0 saturated heterocycles. The number of hydrogen-bond donors (Lipinski definition) is 3. The number of hydrogen-bond acceptors (Lipinski definition) is 3. The Hall–Kier alpha value is -1.10. The maximum atomic E-state index is 11.4. The van der Waals surface area contributed by atoms with E-state index < -0.39 is 11.4 Å². The van der Waals surface area contributed by atoms with Crippen molar-refractivity contribution in [3.63, 3.8) is 0 Å². The van der Waals surface area contributed by atoms with Crippen LogP contribution in [0.2, 0.25) is 0 Å². The molecule has 0 aliphatic carbocycles. The molecular formula is C10H21N3O2. The molecule has 2 amide bonds. The van der Waals surface area contributed by atoms with E-state index in [2.05, 4.69) is 5.32 Å². The predicted molar refractivity (Wildman–Crippen MR) is 58.9 cm³/mol. The summed E-state index contributed by atoms with van der Waals surface area (Å²) >= 11 is 0. The standard InChI is InChI=1S/C10H21N3O2/c1-7(6-11)4-5-8(14)13-10(2,3)9(12)15/h7H,4-6,11H2,1-3H3,(H2,12,15)(H,13,14). The van der Waals surface area contributed by atoms with E-state index in [4.69, 9.17) is 11.5 Å².